The number of hydrogen-bond donors (Lipinski definition) is 5. The molecule has 0 aromatic heterocycles. The van der Waals surface area contributed by atoms with E-state index in [0.717, 1.165) is 50.1 Å². The van der Waals surface area contributed by atoms with E-state index >= 15 is 0 Å². The molecule has 3 aromatic rings. The number of esters is 4. The average Bonchev–Trinajstić information content (AvgIpc) is 4.12. The molecule has 420 valence electrons. The minimum Gasteiger partial charge on any atom is -0.467 e. The predicted molar refractivity (Wildman–Crippen MR) is 267 cm³/mol. The summed E-state index contributed by atoms with van der Waals surface area (Å²) >= 11 is 0. The lowest BCUT2D eigenvalue weighted by Gasteiger charge is -2.43. The number of rotatable bonds is 19. The zero-order valence-electron chi connectivity index (χ0n) is 43.9. The van der Waals surface area contributed by atoms with Crippen molar-refractivity contribution in [2.24, 2.45) is 0 Å². The molecule has 0 saturated carbocycles. The molecular formula is C53H63N5O20. The normalized spacial score (nSPS) is 22.9. The van der Waals surface area contributed by atoms with Crippen molar-refractivity contribution in [3.63, 3.8) is 0 Å². The molecule has 3 aromatic carbocycles. The first-order valence-corrected chi connectivity index (χ1v) is 25.0. The summed E-state index contributed by atoms with van der Waals surface area (Å²) in [6.07, 6.45) is -12.2. The van der Waals surface area contributed by atoms with Crippen LogP contribution in [-0.4, -0.2) is 155 Å². The van der Waals surface area contributed by atoms with Crippen LogP contribution in [0.25, 0.3) is 11.1 Å². The standard InChI is InChI=1S/C53H63N5O20/c1-27(59)73-44-45(74-28(2)60)47(75-29(3)61)49(77-46(44)48(64)68-7)76-39-17-16-30(23-71-51(66)56-22-41(63)57-37-25-69-43-38(26-70-42(37)43)58-52(67)78-53(4,5)6)20-31(39)21-55-40(62)18-19-54-50(65)72-24-36-34-14-10-8-12-32(34)33-13-9-11-15-35(33)36/h8-17,20,36-38,42-47,49H,18-19,21-26H2,1-7H3,(H,54,65)(H,55,62)(H,56,66)(H,57,63)(H,58,67)/t37-,38-,42+,43+,44-,45-,46-,47+,49+/m0/s1. The van der Waals surface area contributed by atoms with Crippen LogP contribution in [0.1, 0.15) is 76.1 Å². The summed E-state index contributed by atoms with van der Waals surface area (Å²) in [5, 5.41) is 13.2. The quantitative estimate of drug-likeness (QED) is 0.0851. The third-order valence-electron chi connectivity index (χ3n) is 12.5. The van der Waals surface area contributed by atoms with E-state index in [4.69, 9.17) is 52.1 Å². The van der Waals surface area contributed by atoms with Crippen molar-refractivity contribution in [2.45, 2.75) is 128 Å². The van der Waals surface area contributed by atoms with E-state index in [2.05, 4.69) is 26.6 Å². The molecule has 5 amide bonds. The van der Waals surface area contributed by atoms with E-state index in [1.807, 2.05) is 48.5 Å². The lowest BCUT2D eigenvalue weighted by Crippen LogP contribution is -2.64. The minimum atomic E-state index is -1.78. The summed E-state index contributed by atoms with van der Waals surface area (Å²) in [5.74, 6) is -5.12. The Hall–Kier alpha value is -8.03. The van der Waals surface area contributed by atoms with E-state index in [1.54, 1.807) is 20.8 Å². The molecule has 78 heavy (non-hydrogen) atoms. The fourth-order valence-corrected chi connectivity index (χ4v) is 9.30. The van der Waals surface area contributed by atoms with Gasteiger partial charge in [0.05, 0.1) is 32.4 Å². The Labute approximate surface area is 448 Å². The van der Waals surface area contributed by atoms with Gasteiger partial charge < -0.3 is 78.7 Å². The van der Waals surface area contributed by atoms with Crippen LogP contribution >= 0.6 is 0 Å². The molecule has 3 saturated heterocycles. The Morgan fingerprint density at radius 1 is 0.654 bits per heavy atom. The molecule has 7 rings (SSSR count). The zero-order valence-corrected chi connectivity index (χ0v) is 43.9. The van der Waals surface area contributed by atoms with Crippen molar-refractivity contribution in [3.05, 3.63) is 89.0 Å². The number of alkyl carbamates (subject to hydrolysis) is 3. The molecule has 0 bridgehead atoms. The smallest absolute Gasteiger partial charge is 0.408 e. The van der Waals surface area contributed by atoms with Gasteiger partial charge in [-0.15, -0.1) is 0 Å². The first-order valence-electron chi connectivity index (χ1n) is 25.0. The van der Waals surface area contributed by atoms with Gasteiger partial charge in [0.25, 0.3) is 0 Å². The molecule has 25 heteroatoms. The largest absolute Gasteiger partial charge is 0.467 e. The SMILES string of the molecule is COC(=O)[C@H]1O[C@@H](Oc2ccc(COC(=O)NCC(=O)N[C@H]3CO[C@H]4[C@@H]3OC[C@@H]4NC(=O)OC(C)(C)C)cc2CNC(=O)CCNC(=O)OCC2c3ccccc3-c3ccccc32)[C@H](OC(C)=O)[C@@H](OC(C)=O)[C@@H]1OC(C)=O. The van der Waals surface area contributed by atoms with Gasteiger partial charge in [-0.1, -0.05) is 54.6 Å². The fraction of sp³-hybridized carbons (Fsp3) is 0.491. The third-order valence-corrected chi connectivity index (χ3v) is 12.5. The molecule has 0 spiro atoms. The van der Waals surface area contributed by atoms with Crippen LogP contribution in [0, 0.1) is 0 Å². The molecule has 5 N–H and O–H groups in total. The van der Waals surface area contributed by atoms with Crippen molar-refractivity contribution in [3.8, 4) is 16.9 Å². The molecule has 4 aliphatic rings. The van der Waals surface area contributed by atoms with Crippen molar-refractivity contribution < 1.29 is 95.3 Å². The average molecular weight is 1090 g/mol. The van der Waals surface area contributed by atoms with Gasteiger partial charge in [-0.3, -0.25) is 24.0 Å². The summed E-state index contributed by atoms with van der Waals surface area (Å²) < 4.78 is 61.4. The van der Waals surface area contributed by atoms with Gasteiger partial charge in [0, 0.05) is 51.8 Å². The maximum Gasteiger partial charge on any atom is 0.408 e. The van der Waals surface area contributed by atoms with Gasteiger partial charge in [-0.05, 0) is 60.7 Å². The van der Waals surface area contributed by atoms with Crippen LogP contribution in [0.15, 0.2) is 66.7 Å². The molecule has 3 heterocycles. The van der Waals surface area contributed by atoms with Gasteiger partial charge in [-0.25, -0.2) is 19.2 Å². The predicted octanol–water partition coefficient (Wildman–Crippen LogP) is 2.71. The monoisotopic (exact) mass is 1090 g/mol. The molecule has 0 unspecified atom stereocenters. The summed E-state index contributed by atoms with van der Waals surface area (Å²) in [4.78, 5) is 115. The van der Waals surface area contributed by atoms with Gasteiger partial charge in [-0.2, -0.15) is 0 Å². The maximum absolute atomic E-state index is 13.3. The highest BCUT2D eigenvalue weighted by atomic mass is 16.7. The molecule has 1 aliphatic carbocycles. The molecular weight excluding hydrogens is 1030 g/mol. The number of carbonyl (C=O) groups excluding carboxylic acids is 9. The van der Waals surface area contributed by atoms with Gasteiger partial charge in [0.15, 0.2) is 18.3 Å². The first kappa shape index (κ1) is 57.7. The topological polar surface area (TPSA) is 315 Å². The molecule has 9 atom stereocenters. The van der Waals surface area contributed by atoms with E-state index in [9.17, 15) is 43.2 Å². The minimum absolute atomic E-state index is 0.0495. The maximum atomic E-state index is 13.3. The Morgan fingerprint density at radius 3 is 1.86 bits per heavy atom. The Balaban J connectivity index is 0.988. The van der Waals surface area contributed by atoms with Crippen molar-refractivity contribution >= 4 is 54.0 Å². The first-order chi connectivity index (χ1) is 37.2. The van der Waals surface area contributed by atoms with Crippen LogP contribution in [-0.2, 0) is 89.3 Å². The summed E-state index contributed by atoms with van der Waals surface area (Å²) in [7, 11) is 1.03. The number of amides is 5. The van der Waals surface area contributed by atoms with E-state index in [0.29, 0.717) is 5.56 Å². The van der Waals surface area contributed by atoms with Crippen LogP contribution in [0.4, 0.5) is 14.4 Å². The number of methoxy groups -OCH3 is 1. The van der Waals surface area contributed by atoms with Gasteiger partial charge >= 0.3 is 42.2 Å². The number of hydrogen-bond acceptors (Lipinski definition) is 20. The lowest BCUT2D eigenvalue weighted by molar-refractivity contribution is -0.282. The van der Waals surface area contributed by atoms with Crippen molar-refractivity contribution in [1.82, 2.24) is 26.6 Å². The molecule has 3 fully saturated rings. The highest BCUT2D eigenvalue weighted by Crippen LogP contribution is 2.44. The second-order valence-corrected chi connectivity index (χ2v) is 19.5. The lowest BCUT2D eigenvalue weighted by atomic mass is 9.97. The highest BCUT2D eigenvalue weighted by molar-refractivity contribution is 5.83. The third kappa shape index (κ3) is 15.1. The second kappa shape index (κ2) is 25.9. The van der Waals surface area contributed by atoms with Crippen molar-refractivity contribution in [2.75, 3.05) is 40.0 Å². The Morgan fingerprint density at radius 2 is 1.24 bits per heavy atom. The zero-order chi connectivity index (χ0) is 56.3. The van der Waals surface area contributed by atoms with Crippen LogP contribution in [0.2, 0.25) is 0 Å². The van der Waals surface area contributed by atoms with Gasteiger partial charge in [0.2, 0.25) is 24.2 Å². The van der Waals surface area contributed by atoms with Crippen molar-refractivity contribution in [1.29, 1.82) is 0 Å². The van der Waals surface area contributed by atoms with Crippen LogP contribution in [0.5, 0.6) is 5.75 Å². The van der Waals surface area contributed by atoms with E-state index in [-0.39, 0.29) is 63.2 Å². The number of carbonyl (C=O) groups is 9. The molecule has 0 radical (unpaired) electrons. The Kier molecular flexibility index (Phi) is 19.1. The second-order valence-electron chi connectivity index (χ2n) is 19.5. The highest BCUT2D eigenvalue weighted by Gasteiger charge is 2.56. The van der Waals surface area contributed by atoms with Gasteiger partial charge in [0.1, 0.15) is 43.3 Å². The molecule has 3 aliphatic heterocycles. The van der Waals surface area contributed by atoms with Crippen LogP contribution in [0.3, 0.4) is 0 Å². The summed E-state index contributed by atoms with van der Waals surface area (Å²) in [6.45, 7) is 7.34. The number of ether oxygens (including phenoxy) is 11. The summed E-state index contributed by atoms with van der Waals surface area (Å²) in [5.41, 5.74) is 4.02. The number of benzene rings is 3. The molecule has 25 nitrogen and oxygen atoms in total. The Bertz CT molecular complexity index is 2680. The number of nitrogens with one attached hydrogen (secondary N) is 5. The van der Waals surface area contributed by atoms with E-state index in [1.165, 1.54) is 18.2 Å². The number of fused-ring (bicyclic) bond motifs is 4. The fourth-order valence-electron chi connectivity index (χ4n) is 9.30. The summed E-state index contributed by atoms with van der Waals surface area (Å²) in [6, 6.07) is 19.0. The van der Waals surface area contributed by atoms with Crippen LogP contribution < -0.4 is 31.3 Å². The van der Waals surface area contributed by atoms with E-state index < -0.39 is 121 Å².